The molecule has 0 aromatic rings. The number of carbonyl (C=O) groups excluding carboxylic acids is 1. The van der Waals surface area contributed by atoms with Crippen LogP contribution in [0.3, 0.4) is 0 Å². The van der Waals surface area contributed by atoms with E-state index < -0.39 is 6.10 Å². The van der Waals surface area contributed by atoms with Gasteiger partial charge in [-0.15, -0.1) is 0 Å². The molecule has 3 nitrogen and oxygen atoms in total. The first kappa shape index (κ1) is 12.7. The van der Waals surface area contributed by atoms with E-state index in [0.717, 1.165) is 5.57 Å². The lowest BCUT2D eigenvalue weighted by Gasteiger charge is -2.03. The predicted octanol–water partition coefficient (Wildman–Crippen LogP) is 2.13. The monoisotopic (exact) mass is 222 g/mol. The van der Waals surface area contributed by atoms with Crippen LogP contribution in [0.4, 0.5) is 0 Å². The maximum Gasteiger partial charge on any atom is 0.334 e. The minimum absolute atomic E-state index is 0.282. The first-order chi connectivity index (χ1) is 7.65. The van der Waals surface area contributed by atoms with Crippen molar-refractivity contribution in [2.75, 3.05) is 6.61 Å². The number of cyclic esters (lactones) is 1. The summed E-state index contributed by atoms with van der Waals surface area (Å²) in [7, 11) is 0. The maximum absolute atomic E-state index is 11.4. The fraction of sp³-hybridized carbons (Fsp3) is 0.462. The second-order valence-corrected chi connectivity index (χ2v) is 3.87. The zero-order valence-corrected chi connectivity index (χ0v) is 9.77. The molecule has 1 N–H and O–H groups in total. The molecule has 0 saturated carbocycles. The van der Waals surface area contributed by atoms with Crippen LogP contribution in [0.25, 0.3) is 0 Å². The second-order valence-electron chi connectivity index (χ2n) is 3.87. The molecule has 0 spiro atoms. The van der Waals surface area contributed by atoms with E-state index in [1.165, 1.54) is 0 Å². The number of ether oxygens (including phenoxy) is 1. The molecular weight excluding hydrogens is 204 g/mol. The quantitative estimate of drug-likeness (QED) is 0.572. The Morgan fingerprint density at radius 3 is 2.88 bits per heavy atom. The lowest BCUT2D eigenvalue weighted by atomic mass is 10.0. The number of rotatable bonds is 5. The van der Waals surface area contributed by atoms with E-state index in [1.54, 1.807) is 6.92 Å². The summed E-state index contributed by atoms with van der Waals surface area (Å²) in [5.41, 5.74) is 1.62. The molecule has 16 heavy (non-hydrogen) atoms. The molecule has 88 valence electrons. The highest BCUT2D eigenvalue weighted by Crippen LogP contribution is 2.23. The van der Waals surface area contributed by atoms with Gasteiger partial charge in [-0.3, -0.25) is 0 Å². The van der Waals surface area contributed by atoms with Crippen molar-refractivity contribution in [3.63, 3.8) is 0 Å². The normalized spacial score (nSPS) is 18.8. The minimum Gasteiger partial charge on any atom is -0.458 e. The van der Waals surface area contributed by atoms with E-state index in [2.05, 4.69) is 0 Å². The van der Waals surface area contributed by atoms with Gasteiger partial charge in [-0.05, 0) is 25.8 Å². The van der Waals surface area contributed by atoms with Gasteiger partial charge in [-0.1, -0.05) is 24.3 Å². The van der Waals surface area contributed by atoms with Gasteiger partial charge in [0.1, 0.15) is 6.61 Å². The molecule has 1 aliphatic rings. The Morgan fingerprint density at radius 1 is 1.50 bits per heavy atom. The Morgan fingerprint density at radius 2 is 2.25 bits per heavy atom. The average molecular weight is 222 g/mol. The van der Waals surface area contributed by atoms with Gasteiger partial charge in [0.15, 0.2) is 0 Å². The topological polar surface area (TPSA) is 46.5 Å². The number of allylic oxidation sites excluding steroid dienone is 4. The summed E-state index contributed by atoms with van der Waals surface area (Å²) in [6, 6.07) is 0. The first-order valence-electron chi connectivity index (χ1n) is 5.49. The van der Waals surface area contributed by atoms with Crippen molar-refractivity contribution in [2.45, 2.75) is 32.8 Å². The Balaban J connectivity index is 2.66. The van der Waals surface area contributed by atoms with Crippen molar-refractivity contribution >= 4 is 5.97 Å². The maximum atomic E-state index is 11.4. The van der Waals surface area contributed by atoms with E-state index >= 15 is 0 Å². The van der Waals surface area contributed by atoms with Gasteiger partial charge in [-0.25, -0.2) is 4.79 Å². The Kier molecular flexibility index (Phi) is 4.99. The van der Waals surface area contributed by atoms with E-state index in [0.29, 0.717) is 25.0 Å². The molecule has 1 rings (SSSR count). The van der Waals surface area contributed by atoms with Crippen molar-refractivity contribution in [2.24, 2.45) is 0 Å². The molecule has 0 aromatic carbocycles. The number of carbonyl (C=O) groups is 1. The third-order valence-corrected chi connectivity index (χ3v) is 2.35. The Labute approximate surface area is 96.1 Å². The van der Waals surface area contributed by atoms with Gasteiger partial charge < -0.3 is 9.84 Å². The van der Waals surface area contributed by atoms with E-state index in [9.17, 15) is 9.90 Å². The van der Waals surface area contributed by atoms with Crippen LogP contribution in [0, 0.1) is 0 Å². The van der Waals surface area contributed by atoms with Crippen LogP contribution in [0.5, 0.6) is 0 Å². The van der Waals surface area contributed by atoms with Crippen molar-refractivity contribution in [1.29, 1.82) is 0 Å². The van der Waals surface area contributed by atoms with Crippen molar-refractivity contribution in [1.82, 2.24) is 0 Å². The summed E-state index contributed by atoms with van der Waals surface area (Å²) in [6.07, 6.45) is 8.39. The first-order valence-corrected chi connectivity index (χ1v) is 5.49. The zero-order valence-electron chi connectivity index (χ0n) is 9.77. The largest absolute Gasteiger partial charge is 0.458 e. The summed E-state index contributed by atoms with van der Waals surface area (Å²) >= 11 is 0. The molecule has 3 heteroatoms. The summed E-state index contributed by atoms with van der Waals surface area (Å²) in [6.45, 7) is 3.98. The molecule has 1 unspecified atom stereocenters. The predicted molar refractivity (Wildman–Crippen MR) is 62.9 cm³/mol. The molecule has 0 radical (unpaired) electrons. The fourth-order valence-corrected chi connectivity index (χ4v) is 1.58. The lowest BCUT2D eigenvalue weighted by molar-refractivity contribution is -0.136. The van der Waals surface area contributed by atoms with Crippen LogP contribution in [0.1, 0.15) is 26.7 Å². The Hall–Kier alpha value is -1.35. The minimum atomic E-state index is -0.504. The van der Waals surface area contributed by atoms with Gasteiger partial charge in [0.2, 0.25) is 0 Å². The fourth-order valence-electron chi connectivity index (χ4n) is 1.58. The summed E-state index contributed by atoms with van der Waals surface area (Å²) in [5.74, 6) is -0.282. The standard InChI is InChI=1S/C13H18O3/c1-3-4-5-6-7-11-9-16-13(15)12(11)8-10(2)14/h3-6,10,14H,7-9H2,1-2H3/b4-3?,6-5+. The Bertz CT molecular complexity index is 335. The number of esters is 1. The van der Waals surface area contributed by atoms with Gasteiger partial charge in [0.25, 0.3) is 0 Å². The highest BCUT2D eigenvalue weighted by Gasteiger charge is 2.24. The van der Waals surface area contributed by atoms with Crippen LogP contribution >= 0.6 is 0 Å². The molecule has 0 bridgehead atoms. The molecule has 1 heterocycles. The van der Waals surface area contributed by atoms with Crippen LogP contribution in [-0.4, -0.2) is 23.8 Å². The van der Waals surface area contributed by atoms with Crippen LogP contribution in [0.2, 0.25) is 0 Å². The van der Waals surface area contributed by atoms with Crippen LogP contribution in [0.15, 0.2) is 35.5 Å². The lowest BCUT2D eigenvalue weighted by Crippen LogP contribution is -2.07. The number of hydrogen-bond donors (Lipinski definition) is 1. The highest BCUT2D eigenvalue weighted by atomic mass is 16.5. The van der Waals surface area contributed by atoms with Crippen molar-refractivity contribution in [3.05, 3.63) is 35.5 Å². The molecule has 1 atom stereocenters. The third-order valence-electron chi connectivity index (χ3n) is 2.35. The SMILES string of the molecule is CC=C/C=C/CC1=C(CC(C)O)C(=O)OC1. The smallest absolute Gasteiger partial charge is 0.334 e. The van der Waals surface area contributed by atoms with Crippen LogP contribution < -0.4 is 0 Å². The molecule has 0 amide bonds. The number of hydrogen-bond acceptors (Lipinski definition) is 3. The van der Waals surface area contributed by atoms with Gasteiger partial charge in [-0.2, -0.15) is 0 Å². The van der Waals surface area contributed by atoms with Gasteiger partial charge >= 0.3 is 5.97 Å². The molecule has 1 aliphatic heterocycles. The van der Waals surface area contributed by atoms with Crippen molar-refractivity contribution in [3.8, 4) is 0 Å². The highest BCUT2D eigenvalue weighted by molar-refractivity contribution is 5.91. The average Bonchev–Trinajstić information content (AvgIpc) is 2.56. The molecular formula is C13H18O3. The molecule has 0 aromatic heterocycles. The van der Waals surface area contributed by atoms with E-state index in [4.69, 9.17) is 4.74 Å². The molecule has 0 aliphatic carbocycles. The van der Waals surface area contributed by atoms with E-state index in [1.807, 2.05) is 31.2 Å². The number of aliphatic hydroxyl groups is 1. The van der Waals surface area contributed by atoms with Crippen molar-refractivity contribution < 1.29 is 14.6 Å². The van der Waals surface area contributed by atoms with E-state index in [-0.39, 0.29) is 5.97 Å². The van der Waals surface area contributed by atoms with Gasteiger partial charge in [0.05, 0.1) is 6.10 Å². The van der Waals surface area contributed by atoms with Crippen LogP contribution in [-0.2, 0) is 9.53 Å². The number of aliphatic hydroxyl groups excluding tert-OH is 1. The summed E-state index contributed by atoms with van der Waals surface area (Å²) in [5, 5.41) is 9.29. The second kappa shape index (κ2) is 6.28. The molecule has 0 fully saturated rings. The zero-order chi connectivity index (χ0) is 12.0. The summed E-state index contributed by atoms with van der Waals surface area (Å²) in [4.78, 5) is 11.4. The third kappa shape index (κ3) is 3.66. The van der Waals surface area contributed by atoms with Gasteiger partial charge in [0, 0.05) is 12.0 Å². The molecule has 0 saturated heterocycles. The summed E-state index contributed by atoms with van der Waals surface area (Å²) < 4.78 is 4.96.